The van der Waals surface area contributed by atoms with Gasteiger partial charge >= 0.3 is 0 Å². The number of aryl methyl sites for hydroxylation is 2. The number of aromatic nitrogens is 3. The molecule has 2 aromatic rings. The van der Waals surface area contributed by atoms with Crippen molar-refractivity contribution in [3.63, 3.8) is 0 Å². The second kappa shape index (κ2) is 6.60. The Labute approximate surface area is 129 Å². The number of nitrogens with one attached hydrogen (secondary N) is 3. The van der Waals surface area contributed by atoms with Crippen LogP contribution in [0.1, 0.15) is 29.7 Å². The molecule has 116 valence electrons. The van der Waals surface area contributed by atoms with Crippen LogP contribution in [0.2, 0.25) is 0 Å². The number of H-pyrrole nitrogens is 1. The Kier molecular flexibility index (Phi) is 4.37. The standard InChI is InChI=1S/C16H21N5O/c1-11-15(22)19-16(21-20-11)18-10-9-17-14-8-4-6-12-5-2-3-7-13(12)14/h4,6,8,17H,2-3,5,7,9-10H2,1H3,(H2,18,19,21,22). The van der Waals surface area contributed by atoms with E-state index in [0.717, 1.165) is 13.0 Å². The van der Waals surface area contributed by atoms with Crippen LogP contribution in [0.15, 0.2) is 23.0 Å². The van der Waals surface area contributed by atoms with Gasteiger partial charge in [-0.15, -0.1) is 10.2 Å². The quantitative estimate of drug-likeness (QED) is 0.734. The summed E-state index contributed by atoms with van der Waals surface area (Å²) >= 11 is 0. The number of anilines is 2. The van der Waals surface area contributed by atoms with Crippen molar-refractivity contribution in [3.8, 4) is 0 Å². The van der Waals surface area contributed by atoms with Gasteiger partial charge in [-0.1, -0.05) is 12.1 Å². The predicted octanol–water partition coefficient (Wildman–Crippen LogP) is 1.88. The Morgan fingerprint density at radius 2 is 1.95 bits per heavy atom. The van der Waals surface area contributed by atoms with Crippen LogP contribution in [0.5, 0.6) is 0 Å². The lowest BCUT2D eigenvalue weighted by atomic mass is 9.90. The first-order chi connectivity index (χ1) is 10.7. The molecule has 0 saturated carbocycles. The zero-order valence-corrected chi connectivity index (χ0v) is 12.8. The van der Waals surface area contributed by atoms with Crippen molar-refractivity contribution in [3.05, 3.63) is 45.4 Å². The SMILES string of the molecule is Cc1nnc(NCCNc2cccc3c2CCCC3)[nH]c1=O. The third-order valence-corrected chi connectivity index (χ3v) is 3.99. The van der Waals surface area contributed by atoms with Crippen LogP contribution in [-0.2, 0) is 12.8 Å². The Morgan fingerprint density at radius 1 is 1.14 bits per heavy atom. The summed E-state index contributed by atoms with van der Waals surface area (Å²) in [5.74, 6) is 0.410. The summed E-state index contributed by atoms with van der Waals surface area (Å²) in [6, 6.07) is 6.48. The lowest BCUT2D eigenvalue weighted by Crippen LogP contribution is -2.21. The minimum absolute atomic E-state index is 0.206. The molecule has 1 aliphatic carbocycles. The Balaban J connectivity index is 1.55. The van der Waals surface area contributed by atoms with Crippen molar-refractivity contribution in [2.75, 3.05) is 23.7 Å². The van der Waals surface area contributed by atoms with Gasteiger partial charge in [0.25, 0.3) is 5.56 Å². The van der Waals surface area contributed by atoms with E-state index in [9.17, 15) is 4.79 Å². The second-order valence-corrected chi connectivity index (χ2v) is 5.59. The highest BCUT2D eigenvalue weighted by Crippen LogP contribution is 2.27. The first kappa shape index (κ1) is 14.6. The lowest BCUT2D eigenvalue weighted by Gasteiger charge is -2.20. The zero-order valence-electron chi connectivity index (χ0n) is 12.8. The molecule has 1 aromatic carbocycles. The second-order valence-electron chi connectivity index (χ2n) is 5.59. The van der Waals surface area contributed by atoms with Crippen LogP contribution in [0.3, 0.4) is 0 Å². The van der Waals surface area contributed by atoms with Crippen molar-refractivity contribution in [2.24, 2.45) is 0 Å². The molecule has 3 N–H and O–H groups in total. The number of hydrogen-bond donors (Lipinski definition) is 3. The van der Waals surface area contributed by atoms with E-state index in [4.69, 9.17) is 0 Å². The molecule has 1 aromatic heterocycles. The van der Waals surface area contributed by atoms with E-state index < -0.39 is 0 Å². The Hall–Kier alpha value is -2.37. The van der Waals surface area contributed by atoms with Crippen LogP contribution in [0.4, 0.5) is 11.6 Å². The summed E-state index contributed by atoms with van der Waals surface area (Å²) < 4.78 is 0. The van der Waals surface area contributed by atoms with Crippen LogP contribution in [0.25, 0.3) is 0 Å². The molecule has 0 fully saturated rings. The topological polar surface area (TPSA) is 82.7 Å². The van der Waals surface area contributed by atoms with E-state index in [0.29, 0.717) is 18.2 Å². The Morgan fingerprint density at radius 3 is 2.82 bits per heavy atom. The first-order valence-electron chi connectivity index (χ1n) is 7.76. The molecule has 0 unspecified atom stereocenters. The van der Waals surface area contributed by atoms with Gasteiger partial charge in [-0.25, -0.2) is 0 Å². The molecule has 3 rings (SSSR count). The van der Waals surface area contributed by atoms with E-state index in [2.05, 4.69) is 44.0 Å². The smallest absolute Gasteiger partial charge is 0.273 e. The number of rotatable bonds is 5. The van der Waals surface area contributed by atoms with Crippen LogP contribution in [0, 0.1) is 6.92 Å². The van der Waals surface area contributed by atoms with Crippen molar-refractivity contribution in [1.29, 1.82) is 0 Å². The van der Waals surface area contributed by atoms with Gasteiger partial charge in [0.2, 0.25) is 5.95 Å². The van der Waals surface area contributed by atoms with Gasteiger partial charge < -0.3 is 10.6 Å². The van der Waals surface area contributed by atoms with Crippen molar-refractivity contribution in [1.82, 2.24) is 15.2 Å². The normalized spacial score (nSPS) is 13.5. The summed E-state index contributed by atoms with van der Waals surface area (Å²) in [7, 11) is 0. The van der Waals surface area contributed by atoms with E-state index >= 15 is 0 Å². The van der Waals surface area contributed by atoms with E-state index in [-0.39, 0.29) is 5.56 Å². The van der Waals surface area contributed by atoms with Gasteiger partial charge in [-0.3, -0.25) is 9.78 Å². The molecular formula is C16H21N5O. The fraction of sp³-hybridized carbons (Fsp3) is 0.438. The van der Waals surface area contributed by atoms with Gasteiger partial charge in [-0.2, -0.15) is 0 Å². The number of nitrogens with zero attached hydrogens (tertiary/aromatic N) is 2. The van der Waals surface area contributed by atoms with Crippen LogP contribution in [-0.4, -0.2) is 28.3 Å². The molecule has 0 spiro atoms. The highest BCUT2D eigenvalue weighted by molar-refractivity contribution is 5.55. The molecule has 0 radical (unpaired) electrons. The molecule has 6 heteroatoms. The molecule has 0 bridgehead atoms. The molecule has 1 aliphatic rings. The molecule has 1 heterocycles. The minimum atomic E-state index is -0.206. The molecular weight excluding hydrogens is 278 g/mol. The number of fused-ring (bicyclic) bond motifs is 1. The third kappa shape index (κ3) is 3.27. The highest BCUT2D eigenvalue weighted by atomic mass is 16.1. The summed E-state index contributed by atoms with van der Waals surface area (Å²) in [6.07, 6.45) is 4.90. The van der Waals surface area contributed by atoms with Gasteiger partial charge in [0.15, 0.2) is 0 Å². The third-order valence-electron chi connectivity index (χ3n) is 3.99. The van der Waals surface area contributed by atoms with Crippen molar-refractivity contribution >= 4 is 11.6 Å². The zero-order chi connectivity index (χ0) is 15.4. The minimum Gasteiger partial charge on any atom is -0.383 e. The summed E-state index contributed by atoms with van der Waals surface area (Å²) in [5, 5.41) is 14.2. The van der Waals surface area contributed by atoms with Gasteiger partial charge in [0.1, 0.15) is 5.69 Å². The number of hydrogen-bond acceptors (Lipinski definition) is 5. The summed E-state index contributed by atoms with van der Waals surface area (Å²) in [5.41, 5.74) is 4.32. The fourth-order valence-electron chi connectivity index (χ4n) is 2.80. The van der Waals surface area contributed by atoms with Crippen molar-refractivity contribution in [2.45, 2.75) is 32.6 Å². The van der Waals surface area contributed by atoms with E-state index in [1.807, 2.05) is 0 Å². The maximum atomic E-state index is 11.4. The lowest BCUT2D eigenvalue weighted by molar-refractivity contribution is 0.686. The molecule has 0 saturated heterocycles. The molecule has 6 nitrogen and oxygen atoms in total. The van der Waals surface area contributed by atoms with Gasteiger partial charge in [0.05, 0.1) is 0 Å². The first-order valence-corrected chi connectivity index (χ1v) is 7.76. The average Bonchev–Trinajstić information content (AvgIpc) is 2.55. The maximum absolute atomic E-state index is 11.4. The number of aromatic amines is 1. The van der Waals surface area contributed by atoms with Crippen LogP contribution >= 0.6 is 0 Å². The molecule has 0 amide bonds. The number of benzene rings is 1. The summed E-state index contributed by atoms with van der Waals surface area (Å²) in [4.78, 5) is 14.1. The van der Waals surface area contributed by atoms with Gasteiger partial charge in [-0.05, 0) is 49.8 Å². The van der Waals surface area contributed by atoms with Gasteiger partial charge in [0, 0.05) is 18.8 Å². The van der Waals surface area contributed by atoms with Crippen molar-refractivity contribution < 1.29 is 0 Å². The monoisotopic (exact) mass is 299 g/mol. The largest absolute Gasteiger partial charge is 0.383 e. The molecule has 22 heavy (non-hydrogen) atoms. The van der Waals surface area contributed by atoms with E-state index in [1.54, 1.807) is 6.92 Å². The summed E-state index contributed by atoms with van der Waals surface area (Å²) in [6.45, 7) is 3.06. The molecule has 0 atom stereocenters. The molecule has 0 aliphatic heterocycles. The fourth-order valence-corrected chi connectivity index (χ4v) is 2.80. The van der Waals surface area contributed by atoms with E-state index in [1.165, 1.54) is 36.1 Å². The highest BCUT2D eigenvalue weighted by Gasteiger charge is 2.12. The maximum Gasteiger partial charge on any atom is 0.273 e. The van der Waals surface area contributed by atoms with Crippen LogP contribution < -0.4 is 16.2 Å². The predicted molar refractivity (Wildman–Crippen MR) is 87.5 cm³/mol. The average molecular weight is 299 g/mol. The Bertz CT molecular complexity index is 710.